The average molecular weight is 260 g/mol. The molecule has 18 heavy (non-hydrogen) atoms. The molecule has 1 aromatic heterocycles. The van der Waals surface area contributed by atoms with Crippen molar-refractivity contribution in [1.29, 1.82) is 0 Å². The van der Waals surface area contributed by atoms with Crippen LogP contribution in [0.25, 0.3) is 0 Å². The maximum atomic E-state index is 12.3. The molecule has 0 spiro atoms. The number of carbonyl (C=O) groups excluding carboxylic acids is 1. The molecule has 1 heterocycles. The Balaban J connectivity index is 2.71. The van der Waals surface area contributed by atoms with Gasteiger partial charge in [-0.3, -0.25) is 9.78 Å². The molecule has 0 aliphatic carbocycles. The Morgan fingerprint density at radius 3 is 2.28 bits per heavy atom. The van der Waals surface area contributed by atoms with Gasteiger partial charge in [-0.2, -0.15) is 13.2 Å². The first-order chi connectivity index (χ1) is 8.09. The zero-order valence-corrected chi connectivity index (χ0v) is 10.4. The fourth-order valence-electron chi connectivity index (χ4n) is 1.16. The SMILES string of the molecule is CC(C)(C)NCC(=O)c1ccc(C(F)(F)F)cn1. The number of rotatable bonds is 3. The molecule has 0 unspecified atom stereocenters. The Kier molecular flexibility index (Phi) is 4.11. The van der Waals surface area contributed by atoms with Crippen LogP contribution in [0.5, 0.6) is 0 Å². The van der Waals surface area contributed by atoms with Crippen molar-refractivity contribution in [2.45, 2.75) is 32.5 Å². The topological polar surface area (TPSA) is 42.0 Å². The minimum absolute atomic E-state index is 0.0275. The van der Waals surface area contributed by atoms with Crippen molar-refractivity contribution in [2.75, 3.05) is 6.54 Å². The van der Waals surface area contributed by atoms with Crippen LogP contribution in [0.15, 0.2) is 18.3 Å². The predicted molar refractivity (Wildman–Crippen MR) is 61.3 cm³/mol. The Labute approximate surface area is 103 Å². The number of pyridine rings is 1. The van der Waals surface area contributed by atoms with Gasteiger partial charge >= 0.3 is 6.18 Å². The van der Waals surface area contributed by atoms with Crippen molar-refractivity contribution in [1.82, 2.24) is 10.3 Å². The van der Waals surface area contributed by atoms with Gasteiger partial charge in [0, 0.05) is 11.7 Å². The second-order valence-electron chi connectivity index (χ2n) is 4.96. The Bertz CT molecular complexity index is 418. The van der Waals surface area contributed by atoms with Crippen LogP contribution in [0.3, 0.4) is 0 Å². The third kappa shape index (κ3) is 4.44. The van der Waals surface area contributed by atoms with Crippen molar-refractivity contribution in [3.05, 3.63) is 29.6 Å². The molecule has 3 nitrogen and oxygen atoms in total. The molecule has 0 amide bonds. The zero-order valence-electron chi connectivity index (χ0n) is 10.4. The molecule has 0 aliphatic heterocycles. The first-order valence-electron chi connectivity index (χ1n) is 5.41. The summed E-state index contributed by atoms with van der Waals surface area (Å²) in [7, 11) is 0. The van der Waals surface area contributed by atoms with Gasteiger partial charge in [-0.1, -0.05) is 0 Å². The highest BCUT2D eigenvalue weighted by Crippen LogP contribution is 2.28. The van der Waals surface area contributed by atoms with Gasteiger partial charge in [-0.15, -0.1) is 0 Å². The van der Waals surface area contributed by atoms with Crippen molar-refractivity contribution in [2.24, 2.45) is 0 Å². The maximum absolute atomic E-state index is 12.3. The minimum atomic E-state index is -4.43. The molecule has 1 aromatic rings. The van der Waals surface area contributed by atoms with Crippen LogP contribution in [0.1, 0.15) is 36.8 Å². The standard InChI is InChI=1S/C12H15F3N2O/c1-11(2,3)17-7-10(18)9-5-4-8(6-16-9)12(13,14)15/h4-6,17H,7H2,1-3H3. The molecule has 1 N–H and O–H groups in total. The molecule has 0 saturated carbocycles. The minimum Gasteiger partial charge on any atom is -0.305 e. The van der Waals surface area contributed by atoms with Crippen LogP contribution in [0.2, 0.25) is 0 Å². The van der Waals surface area contributed by atoms with E-state index in [2.05, 4.69) is 10.3 Å². The quantitative estimate of drug-likeness (QED) is 0.849. The summed E-state index contributed by atoms with van der Waals surface area (Å²) in [5.74, 6) is -0.335. The summed E-state index contributed by atoms with van der Waals surface area (Å²) in [5, 5.41) is 2.95. The summed E-state index contributed by atoms with van der Waals surface area (Å²) < 4.78 is 36.9. The van der Waals surface area contributed by atoms with Crippen LogP contribution in [0, 0.1) is 0 Å². The van der Waals surface area contributed by atoms with E-state index < -0.39 is 11.7 Å². The summed E-state index contributed by atoms with van der Waals surface area (Å²) >= 11 is 0. The van der Waals surface area contributed by atoms with Gasteiger partial charge < -0.3 is 5.32 Å². The van der Waals surface area contributed by atoms with E-state index in [-0.39, 0.29) is 23.6 Å². The molecule has 6 heteroatoms. The van der Waals surface area contributed by atoms with E-state index in [0.717, 1.165) is 12.1 Å². The molecule has 0 bridgehead atoms. The number of hydrogen-bond acceptors (Lipinski definition) is 3. The lowest BCUT2D eigenvalue weighted by atomic mass is 10.1. The van der Waals surface area contributed by atoms with E-state index in [1.807, 2.05) is 20.8 Å². The monoisotopic (exact) mass is 260 g/mol. The highest BCUT2D eigenvalue weighted by atomic mass is 19.4. The molecule has 0 fully saturated rings. The Morgan fingerprint density at radius 2 is 1.89 bits per heavy atom. The molecule has 0 aliphatic rings. The summed E-state index contributed by atoms with van der Waals surface area (Å²) in [6.07, 6.45) is -3.76. The highest BCUT2D eigenvalue weighted by molar-refractivity contribution is 5.95. The van der Waals surface area contributed by atoms with Gasteiger partial charge in [0.25, 0.3) is 0 Å². The number of nitrogens with one attached hydrogen (secondary N) is 1. The van der Waals surface area contributed by atoms with Gasteiger partial charge in [0.15, 0.2) is 5.78 Å². The lowest BCUT2D eigenvalue weighted by Gasteiger charge is -2.19. The van der Waals surface area contributed by atoms with Crippen LogP contribution < -0.4 is 5.32 Å². The second-order valence-corrected chi connectivity index (χ2v) is 4.96. The summed E-state index contributed by atoms with van der Waals surface area (Å²) in [6.45, 7) is 5.71. The number of aromatic nitrogens is 1. The lowest BCUT2D eigenvalue weighted by molar-refractivity contribution is -0.137. The molecule has 1 rings (SSSR count). The summed E-state index contributed by atoms with van der Waals surface area (Å²) in [6, 6.07) is 1.95. The van der Waals surface area contributed by atoms with Gasteiger partial charge in [0.1, 0.15) is 5.69 Å². The van der Waals surface area contributed by atoms with Crippen LogP contribution in [0.4, 0.5) is 13.2 Å². The van der Waals surface area contributed by atoms with E-state index in [1.165, 1.54) is 0 Å². The number of hydrogen-bond donors (Lipinski definition) is 1. The molecule has 0 aromatic carbocycles. The maximum Gasteiger partial charge on any atom is 0.417 e. The molecular formula is C12H15F3N2O. The molecule has 100 valence electrons. The third-order valence-electron chi connectivity index (χ3n) is 2.16. The van der Waals surface area contributed by atoms with Gasteiger partial charge in [0.05, 0.1) is 12.1 Å². The predicted octanol–water partition coefficient (Wildman–Crippen LogP) is 2.67. The summed E-state index contributed by atoms with van der Waals surface area (Å²) in [4.78, 5) is 15.2. The van der Waals surface area contributed by atoms with E-state index >= 15 is 0 Å². The number of nitrogens with zero attached hydrogens (tertiary/aromatic N) is 1. The van der Waals surface area contributed by atoms with E-state index in [4.69, 9.17) is 0 Å². The molecular weight excluding hydrogens is 245 g/mol. The number of ketones is 1. The van der Waals surface area contributed by atoms with Crippen LogP contribution in [-0.2, 0) is 6.18 Å². The lowest BCUT2D eigenvalue weighted by Crippen LogP contribution is -2.39. The van der Waals surface area contributed by atoms with Crippen molar-refractivity contribution < 1.29 is 18.0 Å². The van der Waals surface area contributed by atoms with Gasteiger partial charge in [-0.25, -0.2) is 0 Å². The first kappa shape index (κ1) is 14.6. The smallest absolute Gasteiger partial charge is 0.305 e. The average Bonchev–Trinajstić information content (AvgIpc) is 2.24. The van der Waals surface area contributed by atoms with Crippen LogP contribution >= 0.6 is 0 Å². The number of carbonyl (C=O) groups is 1. The first-order valence-corrected chi connectivity index (χ1v) is 5.41. The van der Waals surface area contributed by atoms with E-state index in [1.54, 1.807) is 0 Å². The highest BCUT2D eigenvalue weighted by Gasteiger charge is 2.30. The Hall–Kier alpha value is -1.43. The van der Waals surface area contributed by atoms with Crippen molar-refractivity contribution in [3.8, 4) is 0 Å². The molecule has 0 radical (unpaired) electrons. The largest absolute Gasteiger partial charge is 0.417 e. The fraction of sp³-hybridized carbons (Fsp3) is 0.500. The van der Waals surface area contributed by atoms with Crippen molar-refractivity contribution >= 4 is 5.78 Å². The van der Waals surface area contributed by atoms with Gasteiger partial charge in [-0.05, 0) is 32.9 Å². The summed E-state index contributed by atoms with van der Waals surface area (Å²) in [5.41, 5.74) is -1.07. The number of halogens is 3. The number of Topliss-reactive ketones (excluding diaryl/α,β-unsaturated/α-hetero) is 1. The molecule has 0 atom stereocenters. The fourth-order valence-corrected chi connectivity index (χ4v) is 1.16. The second kappa shape index (κ2) is 5.06. The Morgan fingerprint density at radius 1 is 1.28 bits per heavy atom. The number of alkyl halides is 3. The third-order valence-corrected chi connectivity index (χ3v) is 2.16. The van der Waals surface area contributed by atoms with Gasteiger partial charge in [0.2, 0.25) is 0 Å². The zero-order chi connectivity index (χ0) is 14.0. The van der Waals surface area contributed by atoms with Crippen LogP contribution in [-0.4, -0.2) is 22.9 Å². The molecule has 0 saturated heterocycles. The normalized spacial score (nSPS) is 12.6. The van der Waals surface area contributed by atoms with Crippen molar-refractivity contribution in [3.63, 3.8) is 0 Å². The van der Waals surface area contributed by atoms with E-state index in [9.17, 15) is 18.0 Å². The van der Waals surface area contributed by atoms with E-state index in [0.29, 0.717) is 6.20 Å².